The van der Waals surface area contributed by atoms with Crippen LogP contribution in [0.5, 0.6) is 0 Å². The molecule has 0 spiro atoms. The molecule has 10 heteroatoms. The molecule has 7 nitrogen and oxygen atoms in total. The number of anilines is 2. The van der Waals surface area contributed by atoms with Crippen molar-refractivity contribution in [2.45, 2.75) is 30.3 Å². The fourth-order valence-electron chi connectivity index (χ4n) is 2.89. The quantitative estimate of drug-likeness (QED) is 0.857. The van der Waals surface area contributed by atoms with Crippen molar-refractivity contribution < 1.29 is 18.4 Å². The lowest BCUT2D eigenvalue weighted by molar-refractivity contribution is -0.117. The van der Waals surface area contributed by atoms with Gasteiger partial charge < -0.3 is 10.2 Å². The summed E-state index contributed by atoms with van der Waals surface area (Å²) in [6, 6.07) is 3.20. The first kappa shape index (κ1) is 17.7. The van der Waals surface area contributed by atoms with Gasteiger partial charge in [0.2, 0.25) is 11.8 Å². The third-order valence-corrected chi connectivity index (χ3v) is 5.28. The lowest BCUT2D eigenvalue weighted by atomic mass is 10.3. The van der Waals surface area contributed by atoms with Crippen molar-refractivity contribution in [3.05, 3.63) is 46.4 Å². The molecule has 1 N–H and O–H groups in total. The SMILES string of the molecule is O=C(Cn1ncc2c(c1=O)N(C1CC1)C(=O)CS2)Nc1c(F)cccc1F. The minimum Gasteiger partial charge on any atom is -0.320 e. The predicted octanol–water partition coefficient (Wildman–Crippen LogP) is 1.76. The molecule has 0 unspecified atom stereocenters. The van der Waals surface area contributed by atoms with E-state index in [0.29, 0.717) is 4.90 Å². The van der Waals surface area contributed by atoms with E-state index in [1.54, 1.807) is 0 Å². The van der Waals surface area contributed by atoms with E-state index in [4.69, 9.17) is 0 Å². The van der Waals surface area contributed by atoms with Crippen LogP contribution in [0.3, 0.4) is 0 Å². The third kappa shape index (κ3) is 3.32. The van der Waals surface area contributed by atoms with E-state index in [1.165, 1.54) is 28.9 Å². The number of nitrogens with zero attached hydrogens (tertiary/aromatic N) is 3. The number of carbonyl (C=O) groups is 2. The zero-order valence-corrected chi connectivity index (χ0v) is 14.8. The Labute approximate surface area is 156 Å². The topological polar surface area (TPSA) is 84.3 Å². The van der Waals surface area contributed by atoms with E-state index < -0.39 is 35.3 Å². The van der Waals surface area contributed by atoms with Gasteiger partial charge in [0.05, 0.1) is 16.8 Å². The molecule has 4 rings (SSSR count). The Hall–Kier alpha value is -2.75. The summed E-state index contributed by atoms with van der Waals surface area (Å²) >= 11 is 1.23. The maximum atomic E-state index is 13.7. The minimum atomic E-state index is -0.920. The molecule has 0 bridgehead atoms. The van der Waals surface area contributed by atoms with E-state index in [-0.39, 0.29) is 23.4 Å². The van der Waals surface area contributed by atoms with Gasteiger partial charge in [-0.05, 0) is 25.0 Å². The van der Waals surface area contributed by atoms with E-state index in [9.17, 15) is 23.2 Å². The summed E-state index contributed by atoms with van der Waals surface area (Å²) < 4.78 is 28.2. The maximum Gasteiger partial charge on any atom is 0.292 e. The molecule has 27 heavy (non-hydrogen) atoms. The van der Waals surface area contributed by atoms with Crippen LogP contribution in [0.1, 0.15) is 12.8 Å². The summed E-state index contributed by atoms with van der Waals surface area (Å²) in [6.45, 7) is -0.531. The molecule has 1 aliphatic carbocycles. The molecule has 1 aromatic heterocycles. The Morgan fingerprint density at radius 3 is 2.63 bits per heavy atom. The number of hydrogen-bond donors (Lipinski definition) is 1. The number of nitrogens with one attached hydrogen (secondary N) is 1. The van der Waals surface area contributed by atoms with Crippen molar-refractivity contribution in [3.8, 4) is 0 Å². The second-order valence-electron chi connectivity index (χ2n) is 6.25. The Morgan fingerprint density at radius 1 is 1.26 bits per heavy atom. The lowest BCUT2D eigenvalue weighted by Gasteiger charge is -2.28. The molecule has 0 saturated heterocycles. The first-order valence-corrected chi connectivity index (χ1v) is 9.23. The van der Waals surface area contributed by atoms with Gasteiger partial charge in [-0.25, -0.2) is 13.5 Å². The van der Waals surface area contributed by atoms with Crippen molar-refractivity contribution in [3.63, 3.8) is 0 Å². The van der Waals surface area contributed by atoms with Gasteiger partial charge in [0, 0.05) is 6.04 Å². The standard InChI is InChI=1S/C17H14F2N4O3S/c18-10-2-1-3-11(19)15(10)21-13(24)7-22-17(26)16-12(6-20-22)27-8-14(25)23(16)9-4-5-9/h1-3,6,9H,4-5,7-8H2,(H,21,24). The van der Waals surface area contributed by atoms with Crippen molar-refractivity contribution in [1.29, 1.82) is 0 Å². The van der Waals surface area contributed by atoms with Crippen LogP contribution in [-0.2, 0) is 16.1 Å². The van der Waals surface area contributed by atoms with E-state index >= 15 is 0 Å². The Kier molecular flexibility index (Phi) is 4.42. The normalized spacial score (nSPS) is 16.2. The van der Waals surface area contributed by atoms with Gasteiger partial charge in [-0.2, -0.15) is 5.10 Å². The zero-order chi connectivity index (χ0) is 19.1. The number of carbonyl (C=O) groups excluding carboxylic acids is 2. The van der Waals surface area contributed by atoms with Gasteiger partial charge in [-0.15, -0.1) is 11.8 Å². The van der Waals surface area contributed by atoms with Crippen LogP contribution >= 0.6 is 11.8 Å². The Morgan fingerprint density at radius 2 is 1.96 bits per heavy atom. The molecule has 1 aliphatic heterocycles. The average molecular weight is 392 g/mol. The van der Waals surface area contributed by atoms with Crippen molar-refractivity contribution in [2.75, 3.05) is 16.0 Å². The highest BCUT2D eigenvalue weighted by molar-refractivity contribution is 8.00. The van der Waals surface area contributed by atoms with Crippen LogP contribution in [0.2, 0.25) is 0 Å². The maximum absolute atomic E-state index is 13.7. The molecular formula is C17H14F2N4O3S. The van der Waals surface area contributed by atoms with E-state index in [0.717, 1.165) is 29.7 Å². The molecule has 0 radical (unpaired) electrons. The number of fused-ring (bicyclic) bond motifs is 1. The molecule has 2 amide bonds. The smallest absolute Gasteiger partial charge is 0.292 e. The summed E-state index contributed by atoms with van der Waals surface area (Å²) in [7, 11) is 0. The molecule has 1 fully saturated rings. The number of benzene rings is 1. The summed E-state index contributed by atoms with van der Waals surface area (Å²) in [6.07, 6.45) is 3.08. The summed E-state index contributed by atoms with van der Waals surface area (Å²) in [4.78, 5) is 39.2. The fraction of sp³-hybridized carbons (Fsp3) is 0.294. The summed E-state index contributed by atoms with van der Waals surface area (Å²) in [5.74, 6) is -2.56. The minimum absolute atomic E-state index is 0.00189. The Balaban J connectivity index is 1.61. The fourth-order valence-corrected chi connectivity index (χ4v) is 3.75. The zero-order valence-electron chi connectivity index (χ0n) is 13.9. The third-order valence-electron chi connectivity index (χ3n) is 4.28. The molecular weight excluding hydrogens is 378 g/mol. The van der Waals surface area contributed by atoms with Gasteiger partial charge in [-0.3, -0.25) is 14.4 Å². The van der Waals surface area contributed by atoms with Crippen LogP contribution in [0.15, 0.2) is 34.1 Å². The molecule has 2 heterocycles. The molecule has 0 atom stereocenters. The highest BCUT2D eigenvalue weighted by Crippen LogP contribution is 2.38. The predicted molar refractivity (Wildman–Crippen MR) is 94.7 cm³/mol. The first-order chi connectivity index (χ1) is 13.0. The number of thioether (sulfide) groups is 1. The van der Waals surface area contributed by atoms with Gasteiger partial charge >= 0.3 is 0 Å². The summed E-state index contributed by atoms with van der Waals surface area (Å²) in [5.41, 5.74) is -0.943. The van der Waals surface area contributed by atoms with Crippen molar-refractivity contribution in [1.82, 2.24) is 9.78 Å². The second kappa shape index (κ2) is 6.76. The molecule has 2 aliphatic rings. The van der Waals surface area contributed by atoms with E-state index in [2.05, 4.69) is 10.4 Å². The summed E-state index contributed by atoms with van der Waals surface area (Å²) in [5, 5.41) is 6.07. The molecule has 140 valence electrons. The first-order valence-electron chi connectivity index (χ1n) is 8.24. The molecule has 1 saturated carbocycles. The van der Waals surface area contributed by atoms with Crippen molar-refractivity contribution in [2.24, 2.45) is 0 Å². The molecule has 2 aromatic rings. The number of amides is 2. The van der Waals surface area contributed by atoms with Crippen LogP contribution in [0.4, 0.5) is 20.2 Å². The van der Waals surface area contributed by atoms with Gasteiger partial charge in [0.1, 0.15) is 29.6 Å². The van der Waals surface area contributed by atoms with Crippen LogP contribution in [0, 0.1) is 11.6 Å². The van der Waals surface area contributed by atoms with Gasteiger partial charge in [-0.1, -0.05) is 6.07 Å². The lowest BCUT2D eigenvalue weighted by Crippen LogP contribution is -2.43. The van der Waals surface area contributed by atoms with Gasteiger partial charge in [0.25, 0.3) is 5.56 Å². The largest absolute Gasteiger partial charge is 0.320 e. The highest BCUT2D eigenvalue weighted by Gasteiger charge is 2.39. The average Bonchev–Trinajstić information content (AvgIpc) is 3.46. The Bertz CT molecular complexity index is 986. The number of aromatic nitrogens is 2. The number of para-hydroxylation sites is 1. The van der Waals surface area contributed by atoms with Crippen LogP contribution in [0.25, 0.3) is 0 Å². The van der Waals surface area contributed by atoms with Crippen LogP contribution < -0.4 is 15.8 Å². The monoisotopic (exact) mass is 392 g/mol. The molecule has 1 aromatic carbocycles. The second-order valence-corrected chi connectivity index (χ2v) is 7.27. The van der Waals surface area contributed by atoms with Gasteiger partial charge in [0.15, 0.2) is 0 Å². The van der Waals surface area contributed by atoms with Crippen molar-refractivity contribution >= 4 is 35.0 Å². The highest BCUT2D eigenvalue weighted by atomic mass is 32.2. The number of halogens is 2. The van der Waals surface area contributed by atoms with Crippen LogP contribution in [-0.4, -0.2) is 33.4 Å². The number of hydrogen-bond acceptors (Lipinski definition) is 5. The van der Waals surface area contributed by atoms with E-state index in [1.807, 2.05) is 0 Å². The number of rotatable bonds is 4.